The van der Waals surface area contributed by atoms with Crippen LogP contribution in [0.15, 0.2) is 24.3 Å². The number of halogens is 1. The van der Waals surface area contributed by atoms with Crippen LogP contribution in [0.2, 0.25) is 5.02 Å². The molecule has 1 aliphatic rings. The molecule has 1 aliphatic heterocycles. The monoisotopic (exact) mass is 266 g/mol. The lowest BCUT2D eigenvalue weighted by Gasteiger charge is -2.22. The van der Waals surface area contributed by atoms with Crippen LogP contribution >= 0.6 is 11.6 Å². The summed E-state index contributed by atoms with van der Waals surface area (Å²) in [5.41, 5.74) is 1.09. The van der Waals surface area contributed by atoms with Gasteiger partial charge in [0.1, 0.15) is 0 Å². The van der Waals surface area contributed by atoms with Crippen molar-refractivity contribution >= 4 is 17.5 Å². The summed E-state index contributed by atoms with van der Waals surface area (Å²) in [7, 11) is 0. The molecule has 4 heteroatoms. The molecule has 2 N–H and O–H groups in total. The standard InChI is InChI=1S/C14H19ClN2O/c1-10(12-6-2-3-7-13(12)15)17-11-5-4-8-16-14(18)9-11/h2-3,6-7,10-11,17H,4-5,8-9H2,1H3,(H,16,18). The zero-order valence-electron chi connectivity index (χ0n) is 10.6. The van der Waals surface area contributed by atoms with Crippen molar-refractivity contribution in [1.29, 1.82) is 0 Å². The number of nitrogens with one attached hydrogen (secondary N) is 2. The van der Waals surface area contributed by atoms with Gasteiger partial charge < -0.3 is 10.6 Å². The molecule has 2 atom stereocenters. The molecular formula is C14H19ClN2O. The Bertz CT molecular complexity index is 422. The van der Waals surface area contributed by atoms with Gasteiger partial charge in [-0.2, -0.15) is 0 Å². The first-order valence-electron chi connectivity index (χ1n) is 6.44. The van der Waals surface area contributed by atoms with Gasteiger partial charge in [-0.3, -0.25) is 4.79 Å². The second kappa shape index (κ2) is 6.21. The minimum absolute atomic E-state index is 0.136. The normalized spacial score (nSPS) is 22.1. The molecule has 0 bridgehead atoms. The van der Waals surface area contributed by atoms with Gasteiger partial charge in [-0.25, -0.2) is 0 Å². The Balaban J connectivity index is 2.00. The maximum atomic E-state index is 11.5. The van der Waals surface area contributed by atoms with Crippen LogP contribution in [-0.4, -0.2) is 18.5 Å². The highest BCUT2D eigenvalue weighted by atomic mass is 35.5. The highest BCUT2D eigenvalue weighted by molar-refractivity contribution is 6.31. The molecule has 0 saturated carbocycles. The van der Waals surface area contributed by atoms with Crippen molar-refractivity contribution in [3.8, 4) is 0 Å². The average Bonchev–Trinajstić information content (AvgIpc) is 2.54. The van der Waals surface area contributed by atoms with Gasteiger partial charge >= 0.3 is 0 Å². The van der Waals surface area contributed by atoms with E-state index in [0.717, 1.165) is 30.0 Å². The first-order chi connectivity index (χ1) is 8.66. The van der Waals surface area contributed by atoms with Gasteiger partial charge in [0.15, 0.2) is 0 Å². The first-order valence-corrected chi connectivity index (χ1v) is 6.82. The molecule has 1 saturated heterocycles. The summed E-state index contributed by atoms with van der Waals surface area (Å²) in [4.78, 5) is 11.5. The largest absolute Gasteiger partial charge is 0.356 e. The van der Waals surface area contributed by atoms with Crippen LogP contribution in [0, 0.1) is 0 Å². The molecule has 18 heavy (non-hydrogen) atoms. The van der Waals surface area contributed by atoms with Gasteiger partial charge in [0.2, 0.25) is 5.91 Å². The number of amides is 1. The summed E-state index contributed by atoms with van der Waals surface area (Å²) < 4.78 is 0. The quantitative estimate of drug-likeness (QED) is 0.883. The van der Waals surface area contributed by atoms with Crippen LogP contribution < -0.4 is 10.6 Å². The zero-order valence-corrected chi connectivity index (χ0v) is 11.3. The second-order valence-electron chi connectivity index (χ2n) is 4.80. The third-order valence-corrected chi connectivity index (χ3v) is 3.68. The summed E-state index contributed by atoms with van der Waals surface area (Å²) in [5, 5.41) is 7.17. The summed E-state index contributed by atoms with van der Waals surface area (Å²) in [6.45, 7) is 2.88. The van der Waals surface area contributed by atoms with Crippen molar-refractivity contribution in [2.24, 2.45) is 0 Å². The van der Waals surface area contributed by atoms with E-state index in [0.29, 0.717) is 6.42 Å². The lowest BCUT2D eigenvalue weighted by atomic mass is 10.0. The Morgan fingerprint density at radius 2 is 2.22 bits per heavy atom. The van der Waals surface area contributed by atoms with E-state index in [1.54, 1.807) is 0 Å². The molecule has 0 radical (unpaired) electrons. The zero-order chi connectivity index (χ0) is 13.0. The molecule has 0 aliphatic carbocycles. The number of benzene rings is 1. The number of carbonyl (C=O) groups is 1. The maximum Gasteiger partial charge on any atom is 0.221 e. The van der Waals surface area contributed by atoms with Crippen molar-refractivity contribution in [2.75, 3.05) is 6.54 Å². The fraction of sp³-hybridized carbons (Fsp3) is 0.500. The number of carbonyl (C=O) groups excluding carboxylic acids is 1. The van der Waals surface area contributed by atoms with E-state index in [1.807, 2.05) is 24.3 Å². The Hall–Kier alpha value is -1.06. The minimum Gasteiger partial charge on any atom is -0.356 e. The molecule has 1 fully saturated rings. The van der Waals surface area contributed by atoms with Gasteiger partial charge in [-0.05, 0) is 31.4 Å². The Morgan fingerprint density at radius 3 is 3.00 bits per heavy atom. The molecule has 2 unspecified atom stereocenters. The topological polar surface area (TPSA) is 41.1 Å². The van der Waals surface area contributed by atoms with Crippen molar-refractivity contribution in [3.63, 3.8) is 0 Å². The fourth-order valence-corrected chi connectivity index (χ4v) is 2.69. The van der Waals surface area contributed by atoms with Gasteiger partial charge in [0, 0.05) is 30.1 Å². The van der Waals surface area contributed by atoms with Gasteiger partial charge in [-0.1, -0.05) is 29.8 Å². The van der Waals surface area contributed by atoms with Crippen LogP contribution in [0.25, 0.3) is 0 Å². The predicted octanol–water partition coefficient (Wildman–Crippen LogP) is 2.66. The molecule has 2 rings (SSSR count). The summed E-state index contributed by atoms with van der Waals surface area (Å²) in [6, 6.07) is 8.23. The molecule has 98 valence electrons. The summed E-state index contributed by atoms with van der Waals surface area (Å²) >= 11 is 6.18. The van der Waals surface area contributed by atoms with Crippen LogP contribution in [0.4, 0.5) is 0 Å². The van der Waals surface area contributed by atoms with E-state index in [-0.39, 0.29) is 18.0 Å². The third-order valence-electron chi connectivity index (χ3n) is 3.34. The second-order valence-corrected chi connectivity index (χ2v) is 5.21. The van der Waals surface area contributed by atoms with Gasteiger partial charge in [0.25, 0.3) is 0 Å². The molecular weight excluding hydrogens is 248 g/mol. The predicted molar refractivity (Wildman–Crippen MR) is 73.7 cm³/mol. The van der Waals surface area contributed by atoms with Crippen molar-refractivity contribution in [2.45, 2.75) is 38.3 Å². The van der Waals surface area contributed by atoms with E-state index < -0.39 is 0 Å². The average molecular weight is 267 g/mol. The molecule has 1 aromatic rings. The van der Waals surface area contributed by atoms with Gasteiger partial charge in [0.05, 0.1) is 0 Å². The summed E-state index contributed by atoms with van der Waals surface area (Å²) in [5.74, 6) is 0.136. The van der Waals surface area contributed by atoms with Crippen LogP contribution in [0.3, 0.4) is 0 Å². The molecule has 0 spiro atoms. The van der Waals surface area contributed by atoms with E-state index in [9.17, 15) is 4.79 Å². The summed E-state index contributed by atoms with van der Waals surface area (Å²) in [6.07, 6.45) is 2.60. The Morgan fingerprint density at radius 1 is 1.44 bits per heavy atom. The molecule has 0 aromatic heterocycles. The Kier molecular flexibility index (Phi) is 4.61. The molecule has 1 amide bonds. The molecule has 1 heterocycles. The minimum atomic E-state index is 0.136. The maximum absolute atomic E-state index is 11.5. The van der Waals surface area contributed by atoms with Crippen molar-refractivity contribution < 1.29 is 4.79 Å². The van der Waals surface area contributed by atoms with E-state index in [4.69, 9.17) is 11.6 Å². The molecule has 1 aromatic carbocycles. The van der Waals surface area contributed by atoms with Crippen LogP contribution in [0.5, 0.6) is 0 Å². The van der Waals surface area contributed by atoms with Crippen LogP contribution in [0.1, 0.15) is 37.8 Å². The van der Waals surface area contributed by atoms with E-state index in [1.165, 1.54) is 0 Å². The highest BCUT2D eigenvalue weighted by Crippen LogP contribution is 2.23. The molecule has 3 nitrogen and oxygen atoms in total. The Labute approximate surface area is 113 Å². The lowest BCUT2D eigenvalue weighted by Crippen LogP contribution is -2.34. The number of hydrogen-bond acceptors (Lipinski definition) is 2. The highest BCUT2D eigenvalue weighted by Gasteiger charge is 2.20. The number of rotatable bonds is 3. The number of hydrogen-bond donors (Lipinski definition) is 2. The fourth-order valence-electron chi connectivity index (χ4n) is 2.39. The van der Waals surface area contributed by atoms with Crippen molar-refractivity contribution in [3.05, 3.63) is 34.9 Å². The van der Waals surface area contributed by atoms with Crippen LogP contribution in [-0.2, 0) is 4.79 Å². The first kappa shape index (κ1) is 13.4. The van der Waals surface area contributed by atoms with Gasteiger partial charge in [-0.15, -0.1) is 0 Å². The SMILES string of the molecule is CC(NC1CCCNC(=O)C1)c1ccccc1Cl. The van der Waals surface area contributed by atoms with E-state index >= 15 is 0 Å². The lowest BCUT2D eigenvalue weighted by molar-refractivity contribution is -0.121. The van der Waals surface area contributed by atoms with Crippen molar-refractivity contribution in [1.82, 2.24) is 10.6 Å². The van der Waals surface area contributed by atoms with E-state index in [2.05, 4.69) is 17.6 Å². The third kappa shape index (κ3) is 3.47. The smallest absolute Gasteiger partial charge is 0.221 e.